The number of carbonyl (C=O) groups is 1. The van der Waals surface area contributed by atoms with Crippen molar-refractivity contribution in [3.63, 3.8) is 0 Å². The third-order valence-electron chi connectivity index (χ3n) is 6.31. The highest BCUT2D eigenvalue weighted by Gasteiger charge is 2.45. The van der Waals surface area contributed by atoms with Crippen LogP contribution in [0.2, 0.25) is 0 Å². The molecule has 0 unspecified atom stereocenters. The van der Waals surface area contributed by atoms with E-state index in [1.807, 2.05) is 0 Å². The van der Waals surface area contributed by atoms with Gasteiger partial charge in [-0.1, -0.05) is 6.07 Å². The Labute approximate surface area is 198 Å². The molecule has 5 rings (SSSR count). The molecule has 0 radical (unpaired) electrons. The van der Waals surface area contributed by atoms with E-state index in [-0.39, 0.29) is 45.6 Å². The van der Waals surface area contributed by atoms with Crippen LogP contribution in [0.5, 0.6) is 40.2 Å². The lowest BCUT2D eigenvalue weighted by molar-refractivity contribution is 0.0205. The molecule has 3 aromatic carbocycles. The normalized spacial score (nSPS) is 22.7. The maximum atomic E-state index is 12.9. The monoisotopic (exact) mass is 482 g/mol. The highest BCUT2D eigenvalue weighted by molar-refractivity contribution is 6.05. The fraction of sp³-hybridized carbons (Fsp3) is 0.240. The number of benzene rings is 3. The summed E-state index contributed by atoms with van der Waals surface area (Å²) in [6.07, 6.45) is -3.83. The molecule has 35 heavy (non-hydrogen) atoms. The van der Waals surface area contributed by atoms with Crippen LogP contribution in [0.25, 0.3) is 0 Å². The summed E-state index contributed by atoms with van der Waals surface area (Å²) in [5, 5.41) is 61.4. The van der Waals surface area contributed by atoms with Crippen LogP contribution in [0.4, 0.5) is 0 Å². The van der Waals surface area contributed by atoms with Crippen LogP contribution >= 0.6 is 0 Å². The van der Waals surface area contributed by atoms with Crippen molar-refractivity contribution in [3.05, 3.63) is 64.7 Å². The highest BCUT2D eigenvalue weighted by Crippen LogP contribution is 2.53. The van der Waals surface area contributed by atoms with Crippen molar-refractivity contribution in [3.8, 4) is 40.2 Å². The predicted octanol–water partition coefficient (Wildman–Crippen LogP) is 2.40. The van der Waals surface area contributed by atoms with Crippen LogP contribution in [0.3, 0.4) is 0 Å². The topological polar surface area (TPSA) is 166 Å². The van der Waals surface area contributed by atoms with Crippen LogP contribution in [0.1, 0.15) is 45.2 Å². The number of ether oxygens (including phenoxy) is 3. The number of fused-ring (bicyclic) bond motifs is 2. The van der Waals surface area contributed by atoms with E-state index in [4.69, 9.17) is 14.2 Å². The predicted molar refractivity (Wildman–Crippen MR) is 119 cm³/mol. The fourth-order valence-electron chi connectivity index (χ4n) is 4.74. The van der Waals surface area contributed by atoms with E-state index < -0.39 is 42.4 Å². The minimum Gasteiger partial charge on any atom is -0.508 e. The van der Waals surface area contributed by atoms with E-state index in [2.05, 4.69) is 0 Å². The van der Waals surface area contributed by atoms with Gasteiger partial charge in [0.2, 0.25) is 5.78 Å². The number of rotatable bonds is 4. The van der Waals surface area contributed by atoms with Gasteiger partial charge in [0.05, 0.1) is 19.6 Å². The van der Waals surface area contributed by atoms with Crippen LogP contribution < -0.4 is 14.2 Å². The van der Waals surface area contributed by atoms with Crippen molar-refractivity contribution in [2.24, 2.45) is 0 Å². The number of ketones is 1. The number of Topliss-reactive ketones (excluding diaryl/α,β-unsaturated/α-hetero) is 1. The molecule has 0 spiro atoms. The molecular weight excluding hydrogens is 460 g/mol. The smallest absolute Gasteiger partial charge is 0.202 e. The van der Waals surface area contributed by atoms with Gasteiger partial charge in [0.1, 0.15) is 40.4 Å². The molecule has 10 heteroatoms. The van der Waals surface area contributed by atoms with Gasteiger partial charge in [0, 0.05) is 29.3 Å². The Morgan fingerprint density at radius 3 is 2.29 bits per heavy atom. The summed E-state index contributed by atoms with van der Waals surface area (Å²) in [6.45, 7) is -0.395. The molecule has 6 N–H and O–H groups in total. The molecule has 3 aromatic rings. The van der Waals surface area contributed by atoms with Crippen molar-refractivity contribution in [2.75, 3.05) is 13.7 Å². The van der Waals surface area contributed by atoms with Crippen LogP contribution in [0, 0.1) is 0 Å². The summed E-state index contributed by atoms with van der Waals surface area (Å²) in [4.78, 5) is 12.9. The maximum absolute atomic E-state index is 12.9. The van der Waals surface area contributed by atoms with Gasteiger partial charge in [0.15, 0.2) is 23.7 Å². The van der Waals surface area contributed by atoms with Crippen molar-refractivity contribution >= 4 is 5.78 Å². The number of hydrogen-bond acceptors (Lipinski definition) is 10. The second-order valence-corrected chi connectivity index (χ2v) is 8.39. The summed E-state index contributed by atoms with van der Waals surface area (Å²) in [7, 11) is 1.40. The summed E-state index contributed by atoms with van der Waals surface area (Å²) in [6, 6.07) is 9.35. The lowest BCUT2D eigenvalue weighted by Crippen LogP contribution is -2.37. The largest absolute Gasteiger partial charge is 0.508 e. The number of aliphatic hydroxyl groups is 2. The first-order valence-electron chi connectivity index (χ1n) is 10.7. The number of phenolic OH excluding ortho intramolecular Hbond substituents is 4. The quantitative estimate of drug-likeness (QED) is 0.325. The summed E-state index contributed by atoms with van der Waals surface area (Å²) in [5.41, 5.74) is 0.905. The Hall–Kier alpha value is -4.15. The van der Waals surface area contributed by atoms with Crippen molar-refractivity contribution in [1.82, 2.24) is 0 Å². The third-order valence-corrected chi connectivity index (χ3v) is 6.31. The zero-order valence-electron chi connectivity index (χ0n) is 18.4. The van der Waals surface area contributed by atoms with Crippen molar-refractivity contribution < 1.29 is 49.6 Å². The van der Waals surface area contributed by atoms with E-state index in [9.17, 15) is 35.4 Å². The van der Waals surface area contributed by atoms with E-state index >= 15 is 0 Å². The van der Waals surface area contributed by atoms with Gasteiger partial charge >= 0.3 is 0 Å². The lowest BCUT2D eigenvalue weighted by Gasteiger charge is -2.31. The second kappa shape index (κ2) is 8.26. The van der Waals surface area contributed by atoms with Gasteiger partial charge < -0.3 is 44.8 Å². The van der Waals surface area contributed by atoms with Crippen LogP contribution in [-0.4, -0.2) is 56.2 Å². The summed E-state index contributed by atoms with van der Waals surface area (Å²) < 4.78 is 17.1. The molecule has 0 amide bonds. The number of phenols is 4. The van der Waals surface area contributed by atoms with E-state index in [0.29, 0.717) is 11.1 Å². The molecule has 0 aromatic heterocycles. The SMILES string of the molecule is COc1cc([C@H]2Oc3cc(O)cc([C@@H]4Oc5cc(O)cc(O)c5C(=O)[C@H]4O)c3[C@@H]2CO)ccc1O. The number of aromatic hydroxyl groups is 4. The molecule has 2 aliphatic heterocycles. The molecule has 4 atom stereocenters. The zero-order valence-corrected chi connectivity index (χ0v) is 18.4. The second-order valence-electron chi connectivity index (χ2n) is 8.39. The highest BCUT2D eigenvalue weighted by atomic mass is 16.5. The molecular formula is C25H22O10. The Kier molecular flexibility index (Phi) is 5.34. The van der Waals surface area contributed by atoms with Gasteiger partial charge in [-0.3, -0.25) is 4.79 Å². The van der Waals surface area contributed by atoms with Gasteiger partial charge in [-0.15, -0.1) is 0 Å². The summed E-state index contributed by atoms with van der Waals surface area (Å²) >= 11 is 0. The molecule has 182 valence electrons. The standard InChI is InChI=1S/C25H22O10/c1-33-17-4-10(2-3-15(17)29)24-14(9-26)20-13(5-11(27)7-18(20)34-24)25-23(32)22(31)21-16(30)6-12(28)8-19(21)35-25/h2-8,14,23-30,32H,9H2,1H3/t14-,23+,24+,25-/m0/s1. The number of aliphatic hydroxyl groups excluding tert-OH is 2. The molecule has 10 nitrogen and oxygen atoms in total. The van der Waals surface area contributed by atoms with Crippen molar-refractivity contribution in [2.45, 2.75) is 24.2 Å². The first kappa shape index (κ1) is 22.6. The van der Waals surface area contributed by atoms with E-state index in [1.54, 1.807) is 12.1 Å². The zero-order chi connectivity index (χ0) is 25.0. The lowest BCUT2D eigenvalue weighted by atomic mass is 9.84. The average Bonchev–Trinajstić information content (AvgIpc) is 3.19. The van der Waals surface area contributed by atoms with Gasteiger partial charge in [-0.2, -0.15) is 0 Å². The first-order chi connectivity index (χ1) is 16.7. The minimum atomic E-state index is -1.75. The van der Waals surface area contributed by atoms with E-state index in [0.717, 1.165) is 12.1 Å². The van der Waals surface area contributed by atoms with Crippen LogP contribution in [-0.2, 0) is 0 Å². The third kappa shape index (κ3) is 3.54. The molecule has 2 heterocycles. The Balaban J connectivity index is 1.61. The van der Waals surface area contributed by atoms with Gasteiger partial charge in [-0.25, -0.2) is 0 Å². The molecule has 0 bridgehead atoms. The Bertz CT molecular complexity index is 1330. The molecule has 0 saturated carbocycles. The number of carbonyl (C=O) groups excluding carboxylic acids is 1. The average molecular weight is 482 g/mol. The number of hydrogen-bond donors (Lipinski definition) is 6. The summed E-state index contributed by atoms with van der Waals surface area (Å²) in [5.74, 6) is -2.44. The maximum Gasteiger partial charge on any atom is 0.202 e. The van der Waals surface area contributed by atoms with E-state index in [1.165, 1.54) is 25.3 Å². The number of methoxy groups -OCH3 is 1. The van der Waals surface area contributed by atoms with Gasteiger partial charge in [-0.05, 0) is 23.8 Å². The first-order valence-corrected chi connectivity index (χ1v) is 10.7. The molecule has 0 fully saturated rings. The fourth-order valence-corrected chi connectivity index (χ4v) is 4.74. The van der Waals surface area contributed by atoms with Gasteiger partial charge in [0.25, 0.3) is 0 Å². The molecule has 0 aliphatic carbocycles. The minimum absolute atomic E-state index is 0.0759. The Morgan fingerprint density at radius 2 is 1.57 bits per heavy atom. The van der Waals surface area contributed by atoms with Crippen LogP contribution in [0.15, 0.2) is 42.5 Å². The Morgan fingerprint density at radius 1 is 0.886 bits per heavy atom. The molecule has 2 aliphatic rings. The molecule has 0 saturated heterocycles. The van der Waals surface area contributed by atoms with Crippen molar-refractivity contribution in [1.29, 1.82) is 0 Å².